The van der Waals surface area contributed by atoms with Gasteiger partial charge in [0, 0.05) is 5.92 Å². The van der Waals surface area contributed by atoms with E-state index in [0.717, 1.165) is 12.8 Å². The predicted molar refractivity (Wildman–Crippen MR) is 48.7 cm³/mol. The van der Waals surface area contributed by atoms with Crippen LogP contribution >= 0.6 is 23.6 Å². The fourth-order valence-corrected chi connectivity index (χ4v) is 1.63. The number of hydrogen-bond acceptors (Lipinski definition) is 4. The second-order valence-electron chi connectivity index (χ2n) is 2.68. The first kappa shape index (κ1) is 7.88. The molecule has 1 aliphatic carbocycles. The molecule has 1 aliphatic rings. The Morgan fingerprint density at radius 1 is 1.75 bits per heavy atom. The Morgan fingerprint density at radius 3 is 3.00 bits per heavy atom. The Hall–Kier alpha value is -0.750. The fourth-order valence-electron chi connectivity index (χ4n) is 0.836. The summed E-state index contributed by atoms with van der Waals surface area (Å²) < 4.78 is 0.584. The lowest BCUT2D eigenvalue weighted by molar-refractivity contribution is -0.117. The minimum atomic E-state index is 0.0627. The number of nitrogens with one attached hydrogen (secondary N) is 2. The number of carbonyl (C=O) groups is 1. The molecule has 0 aliphatic heterocycles. The third-order valence-corrected chi connectivity index (χ3v) is 2.62. The summed E-state index contributed by atoms with van der Waals surface area (Å²) in [6.45, 7) is 0. The lowest BCUT2D eigenvalue weighted by atomic mass is 10.4. The molecule has 0 saturated heterocycles. The minimum Gasteiger partial charge on any atom is -0.300 e. The quantitative estimate of drug-likeness (QED) is 0.714. The highest BCUT2D eigenvalue weighted by Crippen LogP contribution is 2.30. The van der Waals surface area contributed by atoms with Crippen LogP contribution in [0.1, 0.15) is 12.8 Å². The average molecular weight is 201 g/mol. The molecule has 0 atom stereocenters. The van der Waals surface area contributed by atoms with E-state index in [-0.39, 0.29) is 11.8 Å². The number of rotatable bonds is 2. The van der Waals surface area contributed by atoms with Gasteiger partial charge >= 0.3 is 0 Å². The molecule has 0 aromatic carbocycles. The van der Waals surface area contributed by atoms with Crippen LogP contribution in [0.2, 0.25) is 0 Å². The molecule has 12 heavy (non-hydrogen) atoms. The van der Waals surface area contributed by atoms with Crippen LogP contribution in [-0.4, -0.2) is 16.1 Å². The van der Waals surface area contributed by atoms with Crippen LogP contribution in [0, 0.1) is 9.87 Å². The lowest BCUT2D eigenvalue weighted by Crippen LogP contribution is -2.12. The highest BCUT2D eigenvalue weighted by molar-refractivity contribution is 7.73. The van der Waals surface area contributed by atoms with Gasteiger partial charge in [0.15, 0.2) is 3.95 Å². The molecule has 0 radical (unpaired) electrons. The van der Waals surface area contributed by atoms with Crippen LogP contribution in [0.3, 0.4) is 0 Å². The summed E-state index contributed by atoms with van der Waals surface area (Å²) in [5.74, 6) is 0.273. The van der Waals surface area contributed by atoms with Gasteiger partial charge in [-0.3, -0.25) is 9.89 Å². The first-order valence-electron chi connectivity index (χ1n) is 3.62. The van der Waals surface area contributed by atoms with Crippen molar-refractivity contribution in [2.45, 2.75) is 12.8 Å². The summed E-state index contributed by atoms with van der Waals surface area (Å²) >= 11 is 6.09. The normalized spacial score (nSPS) is 16.0. The molecule has 2 rings (SSSR count). The van der Waals surface area contributed by atoms with Crippen LogP contribution in [0.5, 0.6) is 0 Å². The Kier molecular flexibility index (Phi) is 1.93. The summed E-state index contributed by atoms with van der Waals surface area (Å²) in [7, 11) is 0. The van der Waals surface area contributed by atoms with E-state index in [1.807, 2.05) is 0 Å². The number of aromatic nitrogens is 2. The zero-order chi connectivity index (χ0) is 8.55. The van der Waals surface area contributed by atoms with Crippen molar-refractivity contribution in [3.8, 4) is 0 Å². The van der Waals surface area contributed by atoms with Gasteiger partial charge in [-0.05, 0) is 25.1 Å². The predicted octanol–water partition coefficient (Wildman–Crippen LogP) is 1.55. The van der Waals surface area contributed by atoms with Crippen molar-refractivity contribution in [3.05, 3.63) is 3.95 Å². The van der Waals surface area contributed by atoms with Crippen LogP contribution in [0.25, 0.3) is 0 Å². The van der Waals surface area contributed by atoms with E-state index in [4.69, 9.17) is 12.2 Å². The van der Waals surface area contributed by atoms with Crippen molar-refractivity contribution in [3.63, 3.8) is 0 Å². The van der Waals surface area contributed by atoms with E-state index in [0.29, 0.717) is 9.09 Å². The largest absolute Gasteiger partial charge is 0.300 e. The van der Waals surface area contributed by atoms with Crippen LogP contribution < -0.4 is 5.32 Å². The van der Waals surface area contributed by atoms with Crippen LogP contribution in [0.4, 0.5) is 5.13 Å². The molecular formula is C6H7N3OS2. The van der Waals surface area contributed by atoms with Crippen LogP contribution in [0.15, 0.2) is 0 Å². The Bertz CT molecular complexity index is 352. The fraction of sp³-hybridized carbons (Fsp3) is 0.500. The molecule has 1 heterocycles. The van der Waals surface area contributed by atoms with Gasteiger partial charge in [0.2, 0.25) is 11.0 Å². The van der Waals surface area contributed by atoms with E-state index in [1.165, 1.54) is 11.3 Å². The number of H-pyrrole nitrogens is 1. The van der Waals surface area contributed by atoms with E-state index >= 15 is 0 Å². The summed E-state index contributed by atoms with van der Waals surface area (Å²) in [6.07, 6.45) is 2.00. The molecule has 1 saturated carbocycles. The second-order valence-corrected chi connectivity index (χ2v) is 4.35. The molecule has 0 spiro atoms. The van der Waals surface area contributed by atoms with Gasteiger partial charge in [0.25, 0.3) is 0 Å². The van der Waals surface area contributed by atoms with E-state index in [2.05, 4.69) is 15.5 Å². The highest BCUT2D eigenvalue weighted by atomic mass is 32.1. The molecule has 0 bridgehead atoms. The van der Waals surface area contributed by atoms with Gasteiger partial charge in [-0.15, -0.1) is 5.10 Å². The Balaban J connectivity index is 2.02. The molecule has 1 aromatic rings. The number of amides is 1. The molecule has 1 aromatic heterocycles. The van der Waals surface area contributed by atoms with Gasteiger partial charge in [-0.25, -0.2) is 0 Å². The molecule has 64 valence electrons. The Morgan fingerprint density at radius 2 is 2.50 bits per heavy atom. The SMILES string of the molecule is O=C(Nc1n[nH]c(=S)s1)C1CC1. The van der Waals surface area contributed by atoms with Crippen molar-refractivity contribution in [1.29, 1.82) is 0 Å². The van der Waals surface area contributed by atoms with Gasteiger partial charge in [-0.1, -0.05) is 11.3 Å². The monoisotopic (exact) mass is 201 g/mol. The van der Waals surface area contributed by atoms with Gasteiger partial charge in [-0.2, -0.15) is 0 Å². The van der Waals surface area contributed by atoms with Crippen molar-refractivity contribution in [2.24, 2.45) is 5.92 Å². The standard InChI is InChI=1S/C6H7N3OS2/c10-4(3-1-2-3)7-5-8-9-6(11)12-5/h3H,1-2H2,(H,9,11)(H,7,8,10). The smallest absolute Gasteiger partial charge is 0.229 e. The highest BCUT2D eigenvalue weighted by Gasteiger charge is 2.29. The van der Waals surface area contributed by atoms with Crippen molar-refractivity contribution < 1.29 is 4.79 Å². The van der Waals surface area contributed by atoms with E-state index < -0.39 is 0 Å². The van der Waals surface area contributed by atoms with Gasteiger partial charge < -0.3 is 5.32 Å². The maximum absolute atomic E-state index is 11.2. The first-order chi connectivity index (χ1) is 5.75. The van der Waals surface area contributed by atoms with Crippen LogP contribution in [-0.2, 0) is 4.79 Å². The molecule has 1 amide bonds. The molecule has 4 nitrogen and oxygen atoms in total. The van der Waals surface area contributed by atoms with Gasteiger partial charge in [0.1, 0.15) is 0 Å². The zero-order valence-corrected chi connectivity index (χ0v) is 7.80. The third-order valence-electron chi connectivity index (χ3n) is 1.62. The van der Waals surface area contributed by atoms with E-state index in [1.54, 1.807) is 0 Å². The minimum absolute atomic E-state index is 0.0627. The summed E-state index contributed by atoms with van der Waals surface area (Å²) in [5.41, 5.74) is 0. The average Bonchev–Trinajstić information content (AvgIpc) is 2.78. The number of nitrogens with zero attached hydrogens (tertiary/aromatic N) is 1. The lowest BCUT2D eigenvalue weighted by Gasteiger charge is -1.95. The first-order valence-corrected chi connectivity index (χ1v) is 4.84. The summed E-state index contributed by atoms with van der Waals surface area (Å²) in [5, 5.41) is 9.69. The van der Waals surface area contributed by atoms with E-state index in [9.17, 15) is 4.79 Å². The van der Waals surface area contributed by atoms with Gasteiger partial charge in [0.05, 0.1) is 0 Å². The third kappa shape index (κ3) is 1.70. The maximum Gasteiger partial charge on any atom is 0.229 e. The maximum atomic E-state index is 11.2. The number of hydrogen-bond donors (Lipinski definition) is 2. The molecule has 0 unspecified atom stereocenters. The molecule has 6 heteroatoms. The molecule has 2 N–H and O–H groups in total. The molecular weight excluding hydrogens is 194 g/mol. The van der Waals surface area contributed by atoms with Crippen molar-refractivity contribution >= 4 is 34.6 Å². The summed E-state index contributed by atoms with van der Waals surface area (Å²) in [6, 6.07) is 0. The van der Waals surface area contributed by atoms with Crippen molar-refractivity contribution in [2.75, 3.05) is 5.32 Å². The number of carbonyl (C=O) groups excluding carboxylic acids is 1. The summed E-state index contributed by atoms with van der Waals surface area (Å²) in [4.78, 5) is 11.2. The zero-order valence-electron chi connectivity index (χ0n) is 6.16. The second kappa shape index (κ2) is 2.95. The topological polar surface area (TPSA) is 57.8 Å². The number of anilines is 1. The Labute approximate surface area is 78.0 Å². The number of aromatic amines is 1. The van der Waals surface area contributed by atoms with Crippen molar-refractivity contribution in [1.82, 2.24) is 10.2 Å². The molecule has 1 fully saturated rings.